The largest absolute Gasteiger partial charge is 0.271 e. The Balaban J connectivity index is 2.38. The summed E-state index contributed by atoms with van der Waals surface area (Å²) in [5.74, 6) is 0. The average molecular weight is 265 g/mol. The van der Waals surface area contributed by atoms with E-state index in [1.165, 1.54) is 0 Å². The fourth-order valence-electron chi connectivity index (χ4n) is 2.23. The van der Waals surface area contributed by atoms with Gasteiger partial charge in [0.15, 0.2) is 0 Å². The van der Waals surface area contributed by atoms with Gasteiger partial charge in [-0.2, -0.15) is 0 Å². The van der Waals surface area contributed by atoms with Crippen molar-refractivity contribution in [2.75, 3.05) is 6.54 Å². The lowest BCUT2D eigenvalue weighted by Crippen LogP contribution is -2.34. The van der Waals surface area contributed by atoms with Gasteiger partial charge in [0.05, 0.1) is 4.90 Å². The molecule has 98 valence electrons. The van der Waals surface area contributed by atoms with E-state index in [1.807, 2.05) is 32.1 Å². The van der Waals surface area contributed by atoms with Gasteiger partial charge in [-0.15, -0.1) is 0 Å². The molecule has 0 aromatic heterocycles. The highest BCUT2D eigenvalue weighted by Gasteiger charge is 2.27. The molecule has 1 aliphatic heterocycles. The van der Waals surface area contributed by atoms with Gasteiger partial charge in [0, 0.05) is 12.2 Å². The van der Waals surface area contributed by atoms with E-state index in [9.17, 15) is 8.42 Å². The lowest BCUT2D eigenvalue weighted by Gasteiger charge is -2.30. The maximum Gasteiger partial charge on any atom is 0.264 e. The molecule has 0 aliphatic carbocycles. The van der Waals surface area contributed by atoms with Crippen molar-refractivity contribution in [1.29, 1.82) is 0 Å². The van der Waals surface area contributed by atoms with Gasteiger partial charge in [0.2, 0.25) is 0 Å². The lowest BCUT2D eigenvalue weighted by molar-refractivity contribution is 0.407. The van der Waals surface area contributed by atoms with E-state index in [0.717, 1.165) is 30.5 Å². The quantitative estimate of drug-likeness (QED) is 0.824. The summed E-state index contributed by atoms with van der Waals surface area (Å²) in [5.41, 5.74) is 1.99. The first-order valence-electron chi connectivity index (χ1n) is 6.30. The summed E-state index contributed by atoms with van der Waals surface area (Å²) in [4.78, 5) is 0.384. The van der Waals surface area contributed by atoms with Crippen molar-refractivity contribution in [3.8, 4) is 0 Å². The molecule has 1 saturated heterocycles. The predicted molar refractivity (Wildman–Crippen MR) is 72.7 cm³/mol. The standard InChI is InChI=1S/C14H19NO2S/c1-3-13-6-4-5-11-15(13)18(16,17)14-9-7-12(2)8-10-14/h3,7-10H,4-6,11H2,1-2H3/b13-3+. The fourth-order valence-corrected chi connectivity index (χ4v) is 3.84. The van der Waals surface area contributed by atoms with Crippen LogP contribution in [0.4, 0.5) is 0 Å². The molecule has 0 amide bonds. The number of piperidine rings is 1. The molecule has 0 saturated carbocycles. The van der Waals surface area contributed by atoms with Gasteiger partial charge in [-0.3, -0.25) is 4.31 Å². The molecular formula is C14H19NO2S. The van der Waals surface area contributed by atoms with Crippen molar-refractivity contribution in [2.45, 2.75) is 38.0 Å². The summed E-state index contributed by atoms with van der Waals surface area (Å²) in [6.45, 7) is 4.45. The summed E-state index contributed by atoms with van der Waals surface area (Å²) >= 11 is 0. The third kappa shape index (κ3) is 2.43. The zero-order valence-corrected chi connectivity index (χ0v) is 11.7. The van der Waals surface area contributed by atoms with E-state index < -0.39 is 10.0 Å². The van der Waals surface area contributed by atoms with E-state index in [0.29, 0.717) is 11.4 Å². The van der Waals surface area contributed by atoms with Gasteiger partial charge in [0.25, 0.3) is 10.0 Å². The van der Waals surface area contributed by atoms with Crippen molar-refractivity contribution in [3.63, 3.8) is 0 Å². The Kier molecular flexibility index (Phi) is 3.76. The number of hydrogen-bond donors (Lipinski definition) is 0. The Labute approximate surface area is 109 Å². The van der Waals surface area contributed by atoms with Crippen LogP contribution in [0.2, 0.25) is 0 Å². The molecule has 1 aliphatic rings. The zero-order valence-electron chi connectivity index (χ0n) is 10.9. The molecule has 3 nitrogen and oxygen atoms in total. The van der Waals surface area contributed by atoms with Crippen LogP contribution in [0.1, 0.15) is 31.7 Å². The van der Waals surface area contributed by atoms with Crippen molar-refractivity contribution >= 4 is 10.0 Å². The highest BCUT2D eigenvalue weighted by Crippen LogP contribution is 2.27. The highest BCUT2D eigenvalue weighted by molar-refractivity contribution is 7.89. The van der Waals surface area contributed by atoms with Gasteiger partial charge in [-0.25, -0.2) is 8.42 Å². The molecule has 0 spiro atoms. The normalized spacial score (nSPS) is 19.2. The first-order valence-corrected chi connectivity index (χ1v) is 7.74. The second-order valence-corrected chi connectivity index (χ2v) is 6.49. The average Bonchev–Trinajstić information content (AvgIpc) is 2.39. The fraction of sp³-hybridized carbons (Fsp3) is 0.429. The Hall–Kier alpha value is -1.29. The van der Waals surface area contributed by atoms with Crippen LogP contribution in [0.25, 0.3) is 0 Å². The number of aryl methyl sites for hydroxylation is 1. The smallest absolute Gasteiger partial charge is 0.264 e. The second kappa shape index (κ2) is 5.14. The number of hydrogen-bond acceptors (Lipinski definition) is 2. The minimum Gasteiger partial charge on any atom is -0.271 e. The van der Waals surface area contributed by atoms with E-state index >= 15 is 0 Å². The molecule has 0 N–H and O–H groups in total. The van der Waals surface area contributed by atoms with Crippen molar-refractivity contribution in [2.24, 2.45) is 0 Å². The molecule has 1 fully saturated rings. The van der Waals surface area contributed by atoms with Crippen LogP contribution in [-0.2, 0) is 10.0 Å². The molecular weight excluding hydrogens is 246 g/mol. The number of nitrogens with zero attached hydrogens (tertiary/aromatic N) is 1. The highest BCUT2D eigenvalue weighted by atomic mass is 32.2. The minimum atomic E-state index is -3.38. The van der Waals surface area contributed by atoms with Gasteiger partial charge in [-0.05, 0) is 45.2 Å². The molecule has 2 rings (SSSR count). The molecule has 4 heteroatoms. The van der Waals surface area contributed by atoms with Gasteiger partial charge < -0.3 is 0 Å². The van der Waals surface area contributed by atoms with E-state index in [4.69, 9.17) is 0 Å². The minimum absolute atomic E-state index is 0.384. The van der Waals surface area contributed by atoms with Crippen molar-refractivity contribution in [3.05, 3.63) is 41.6 Å². The van der Waals surface area contributed by atoms with Crippen molar-refractivity contribution in [1.82, 2.24) is 4.31 Å². The zero-order chi connectivity index (χ0) is 13.2. The second-order valence-electron chi connectivity index (χ2n) is 4.63. The summed E-state index contributed by atoms with van der Waals surface area (Å²) in [6, 6.07) is 7.05. The van der Waals surface area contributed by atoms with Crippen molar-refractivity contribution < 1.29 is 8.42 Å². The lowest BCUT2D eigenvalue weighted by atomic mass is 10.1. The first kappa shape index (κ1) is 13.1. The molecule has 0 unspecified atom stereocenters. The number of rotatable bonds is 2. The molecule has 18 heavy (non-hydrogen) atoms. The van der Waals surface area contributed by atoms with Crippen LogP contribution in [-0.4, -0.2) is 19.3 Å². The molecule has 0 radical (unpaired) electrons. The maximum atomic E-state index is 12.6. The van der Waals surface area contributed by atoms with Crippen LogP contribution in [0.15, 0.2) is 40.9 Å². The first-order chi connectivity index (χ1) is 8.55. The van der Waals surface area contributed by atoms with Crippen LogP contribution < -0.4 is 0 Å². The third-order valence-electron chi connectivity index (χ3n) is 3.31. The monoisotopic (exact) mass is 265 g/mol. The molecule has 0 atom stereocenters. The van der Waals surface area contributed by atoms with E-state index in [1.54, 1.807) is 16.4 Å². The van der Waals surface area contributed by atoms with Gasteiger partial charge in [0.1, 0.15) is 0 Å². The van der Waals surface area contributed by atoms with Crippen LogP contribution >= 0.6 is 0 Å². The summed E-state index contributed by atoms with van der Waals surface area (Å²) in [5, 5.41) is 0. The van der Waals surface area contributed by atoms with E-state index in [-0.39, 0.29) is 0 Å². The Morgan fingerprint density at radius 3 is 2.44 bits per heavy atom. The maximum absolute atomic E-state index is 12.6. The van der Waals surface area contributed by atoms with Crippen LogP contribution in [0, 0.1) is 6.92 Å². The number of benzene rings is 1. The predicted octanol–water partition coefficient (Wildman–Crippen LogP) is 3.07. The van der Waals surface area contributed by atoms with Gasteiger partial charge in [-0.1, -0.05) is 23.8 Å². The van der Waals surface area contributed by atoms with Gasteiger partial charge >= 0.3 is 0 Å². The summed E-state index contributed by atoms with van der Waals surface area (Å²) in [6.07, 6.45) is 4.76. The number of sulfonamides is 1. The summed E-state index contributed by atoms with van der Waals surface area (Å²) < 4.78 is 26.7. The Bertz CT molecular complexity index is 544. The van der Waals surface area contributed by atoms with Crippen LogP contribution in [0.5, 0.6) is 0 Å². The molecule has 0 bridgehead atoms. The molecule has 1 heterocycles. The Morgan fingerprint density at radius 2 is 1.83 bits per heavy atom. The topological polar surface area (TPSA) is 37.4 Å². The summed E-state index contributed by atoms with van der Waals surface area (Å²) in [7, 11) is -3.38. The van der Waals surface area contributed by atoms with Crippen LogP contribution in [0.3, 0.4) is 0 Å². The molecule has 1 aromatic carbocycles. The van der Waals surface area contributed by atoms with E-state index in [2.05, 4.69) is 0 Å². The molecule has 1 aromatic rings. The SMILES string of the molecule is C/C=C1\CCCCN1S(=O)(=O)c1ccc(C)cc1. The number of allylic oxidation sites excluding steroid dienone is 2. The third-order valence-corrected chi connectivity index (χ3v) is 5.17. The Morgan fingerprint density at radius 1 is 1.17 bits per heavy atom.